The van der Waals surface area contributed by atoms with Crippen LogP contribution in [0.3, 0.4) is 0 Å². The number of carbonyl (C=O) groups is 1. The minimum absolute atomic E-state index is 0.257. The Kier molecular flexibility index (Phi) is 7.74. The van der Waals surface area contributed by atoms with Gasteiger partial charge >= 0.3 is 6.09 Å². The van der Waals surface area contributed by atoms with Crippen LogP contribution in [0.25, 0.3) is 0 Å². The molecule has 9 heteroatoms. The number of hydrogen-bond donors (Lipinski definition) is 2. The van der Waals surface area contributed by atoms with Crippen LogP contribution >= 0.6 is 0 Å². The van der Waals surface area contributed by atoms with Crippen LogP contribution < -0.4 is 10.1 Å². The van der Waals surface area contributed by atoms with Gasteiger partial charge in [0.05, 0.1) is 31.1 Å². The maximum absolute atomic E-state index is 11.1. The van der Waals surface area contributed by atoms with Gasteiger partial charge in [-0.15, -0.1) is 5.10 Å². The maximum Gasteiger partial charge on any atom is 0.409 e. The lowest BCUT2D eigenvalue weighted by molar-refractivity contribution is -0.0852. The molecule has 0 spiro atoms. The number of carboxylic acid groups (broad SMARTS) is 1. The summed E-state index contributed by atoms with van der Waals surface area (Å²) in [5.41, 5.74) is 0.396. The lowest BCUT2D eigenvalue weighted by atomic mass is 9.89. The van der Waals surface area contributed by atoms with Gasteiger partial charge in [-0.25, -0.2) is 4.79 Å². The summed E-state index contributed by atoms with van der Waals surface area (Å²) in [5, 5.41) is 16.0. The lowest BCUT2D eigenvalue weighted by Crippen LogP contribution is -2.51. The summed E-state index contributed by atoms with van der Waals surface area (Å²) >= 11 is 0. The molecular weight excluding hydrogens is 376 g/mol. The molecular formula is C20H34N4O5. The summed E-state index contributed by atoms with van der Waals surface area (Å²) in [7, 11) is 1.64. The molecule has 2 fully saturated rings. The summed E-state index contributed by atoms with van der Waals surface area (Å²) in [6.45, 7) is 7.29. The second-order valence-electron chi connectivity index (χ2n) is 8.13. The number of morpholine rings is 1. The van der Waals surface area contributed by atoms with Crippen molar-refractivity contribution < 1.29 is 24.1 Å². The van der Waals surface area contributed by atoms with E-state index in [1.807, 2.05) is 4.68 Å². The van der Waals surface area contributed by atoms with Crippen molar-refractivity contribution >= 4 is 11.8 Å². The minimum Gasteiger partial charge on any atom is -0.475 e. The molecule has 2 N–H and O–H groups in total. The predicted octanol–water partition coefficient (Wildman–Crippen LogP) is 2.98. The number of nitrogens with one attached hydrogen (secondary N) is 1. The van der Waals surface area contributed by atoms with Crippen molar-refractivity contribution in [3.8, 4) is 5.88 Å². The molecule has 164 valence electrons. The van der Waals surface area contributed by atoms with Crippen LogP contribution in [0.5, 0.6) is 5.88 Å². The Morgan fingerprint density at radius 2 is 1.86 bits per heavy atom. The van der Waals surface area contributed by atoms with Crippen LogP contribution in [0.4, 0.5) is 10.5 Å². The number of aromatic nitrogens is 2. The van der Waals surface area contributed by atoms with Crippen molar-refractivity contribution in [1.82, 2.24) is 14.7 Å². The zero-order valence-corrected chi connectivity index (χ0v) is 17.7. The third-order valence-corrected chi connectivity index (χ3v) is 5.68. The normalized spacial score (nSPS) is 28.2. The Labute approximate surface area is 172 Å². The first-order chi connectivity index (χ1) is 14.0. The van der Waals surface area contributed by atoms with Gasteiger partial charge < -0.3 is 19.3 Å². The Bertz CT molecular complexity index is 649. The van der Waals surface area contributed by atoms with Gasteiger partial charge in [-0.3, -0.25) is 14.9 Å². The molecule has 2 aliphatic rings. The van der Waals surface area contributed by atoms with E-state index < -0.39 is 6.09 Å². The third-order valence-electron chi connectivity index (χ3n) is 5.68. The zero-order valence-electron chi connectivity index (χ0n) is 17.7. The van der Waals surface area contributed by atoms with E-state index in [2.05, 4.69) is 29.2 Å². The van der Waals surface area contributed by atoms with Gasteiger partial charge in [0.25, 0.3) is 5.88 Å². The monoisotopic (exact) mass is 410 g/mol. The zero-order chi connectivity index (χ0) is 20.8. The first-order valence-electron chi connectivity index (χ1n) is 10.6. The summed E-state index contributed by atoms with van der Waals surface area (Å²) in [5.74, 6) is 0.335. The maximum atomic E-state index is 11.1. The minimum atomic E-state index is -1.12. The molecule has 2 atom stereocenters. The number of methoxy groups -OCH3 is 1. The second-order valence-corrected chi connectivity index (χ2v) is 8.13. The van der Waals surface area contributed by atoms with Crippen molar-refractivity contribution in [1.29, 1.82) is 0 Å². The van der Waals surface area contributed by atoms with Crippen LogP contribution in [0, 0.1) is 0 Å². The molecule has 0 unspecified atom stereocenters. The highest BCUT2D eigenvalue weighted by Gasteiger charge is 2.32. The van der Waals surface area contributed by atoms with E-state index in [1.165, 1.54) is 0 Å². The van der Waals surface area contributed by atoms with Gasteiger partial charge in [0.15, 0.2) is 0 Å². The van der Waals surface area contributed by atoms with Crippen molar-refractivity contribution in [2.45, 2.75) is 70.2 Å². The van der Waals surface area contributed by atoms with E-state index in [4.69, 9.17) is 19.3 Å². The molecule has 1 amide bonds. The predicted molar refractivity (Wildman–Crippen MR) is 109 cm³/mol. The molecule has 1 aliphatic carbocycles. The quantitative estimate of drug-likeness (QED) is 0.636. The van der Waals surface area contributed by atoms with E-state index in [-0.39, 0.29) is 18.2 Å². The van der Waals surface area contributed by atoms with Crippen LogP contribution in [-0.4, -0.2) is 77.5 Å². The smallest absolute Gasteiger partial charge is 0.409 e. The molecule has 1 aliphatic heterocycles. The highest BCUT2D eigenvalue weighted by molar-refractivity contribution is 5.84. The van der Waals surface area contributed by atoms with E-state index in [9.17, 15) is 4.79 Å². The molecule has 1 aromatic rings. The number of hydrogen-bond acceptors (Lipinski definition) is 6. The van der Waals surface area contributed by atoms with E-state index in [1.54, 1.807) is 13.3 Å². The molecule has 2 heterocycles. The van der Waals surface area contributed by atoms with Crippen molar-refractivity contribution in [2.24, 2.45) is 0 Å². The molecule has 0 aromatic carbocycles. The molecule has 0 bridgehead atoms. The van der Waals surface area contributed by atoms with Gasteiger partial charge in [0, 0.05) is 39.3 Å². The first-order valence-corrected chi connectivity index (χ1v) is 10.6. The fraction of sp³-hybridized carbons (Fsp3) is 0.800. The van der Waals surface area contributed by atoms with Crippen LogP contribution in [0.2, 0.25) is 0 Å². The van der Waals surface area contributed by atoms with E-state index in [0.717, 1.165) is 45.2 Å². The van der Waals surface area contributed by atoms with Crippen LogP contribution in [-0.2, 0) is 9.47 Å². The third kappa shape index (κ3) is 6.07. The van der Waals surface area contributed by atoms with Crippen LogP contribution in [0.15, 0.2) is 6.20 Å². The fourth-order valence-electron chi connectivity index (χ4n) is 4.45. The molecule has 0 radical (unpaired) electrons. The summed E-state index contributed by atoms with van der Waals surface area (Å²) in [6.07, 6.45) is 6.16. The number of amides is 1. The van der Waals surface area contributed by atoms with Gasteiger partial charge in [0.2, 0.25) is 0 Å². The SMILES string of the molecule is COCCCOc1nn(C2CCC(N3C[C@@H](C)O[C@@H](C)C3)CC2)cc1NC(=O)O. The number of ether oxygens (including phenoxy) is 3. The molecule has 1 saturated carbocycles. The van der Waals surface area contributed by atoms with Gasteiger partial charge in [-0.1, -0.05) is 0 Å². The second kappa shape index (κ2) is 10.3. The van der Waals surface area contributed by atoms with E-state index >= 15 is 0 Å². The van der Waals surface area contributed by atoms with Crippen molar-refractivity contribution in [2.75, 3.05) is 38.7 Å². The number of nitrogens with zero attached hydrogens (tertiary/aromatic N) is 3. The largest absolute Gasteiger partial charge is 0.475 e. The average Bonchev–Trinajstić information content (AvgIpc) is 3.06. The topological polar surface area (TPSA) is 98.1 Å². The average molecular weight is 411 g/mol. The Morgan fingerprint density at radius 1 is 1.21 bits per heavy atom. The Balaban J connectivity index is 1.59. The molecule has 3 rings (SSSR count). The molecule has 9 nitrogen and oxygen atoms in total. The van der Waals surface area contributed by atoms with Gasteiger partial charge in [-0.2, -0.15) is 0 Å². The summed E-state index contributed by atoms with van der Waals surface area (Å²) in [6, 6.07) is 0.838. The standard InChI is InChI=1S/C20H34N4O5/c1-14-11-23(12-15(2)29-14)16-5-7-17(8-6-16)24-13-18(21-20(25)26)19(22-24)28-10-4-9-27-3/h13-17,21H,4-12H2,1-3H3,(H,25,26)/t14-,15+,16?,17?. The lowest BCUT2D eigenvalue weighted by Gasteiger charge is -2.42. The summed E-state index contributed by atoms with van der Waals surface area (Å²) in [4.78, 5) is 13.7. The molecule has 29 heavy (non-hydrogen) atoms. The number of rotatable bonds is 8. The molecule has 1 saturated heterocycles. The fourth-order valence-corrected chi connectivity index (χ4v) is 4.45. The molecule has 1 aromatic heterocycles. The van der Waals surface area contributed by atoms with E-state index in [0.29, 0.717) is 30.8 Å². The van der Waals surface area contributed by atoms with Gasteiger partial charge in [0.1, 0.15) is 5.69 Å². The van der Waals surface area contributed by atoms with Crippen molar-refractivity contribution in [3.63, 3.8) is 0 Å². The van der Waals surface area contributed by atoms with Crippen LogP contribution in [0.1, 0.15) is 52.0 Å². The Morgan fingerprint density at radius 3 is 2.48 bits per heavy atom. The Hall–Kier alpha value is -1.84. The summed E-state index contributed by atoms with van der Waals surface area (Å²) < 4.78 is 18.4. The highest BCUT2D eigenvalue weighted by atomic mass is 16.5. The number of anilines is 1. The van der Waals surface area contributed by atoms with Gasteiger partial charge in [-0.05, 0) is 39.5 Å². The van der Waals surface area contributed by atoms with Crippen molar-refractivity contribution in [3.05, 3.63) is 6.20 Å². The highest BCUT2D eigenvalue weighted by Crippen LogP contribution is 2.34. The first kappa shape index (κ1) is 21.9.